The predicted octanol–water partition coefficient (Wildman–Crippen LogP) is 1.35. The topological polar surface area (TPSA) is 54.5 Å². The third-order valence-electron chi connectivity index (χ3n) is 3.41. The molecule has 0 bridgehead atoms. The minimum atomic E-state index is -3.59. The van der Waals surface area contributed by atoms with Gasteiger partial charge in [-0.15, -0.1) is 0 Å². The highest BCUT2D eigenvalue weighted by molar-refractivity contribution is 7.90. The maximum absolute atomic E-state index is 12.2. The molecule has 4 nitrogen and oxygen atoms in total. The number of Topliss-reactive ketones (excluding diaryl/α,β-unsaturated/α-hetero) is 1. The first-order valence-electron chi connectivity index (χ1n) is 5.36. The van der Waals surface area contributed by atoms with E-state index in [-0.39, 0.29) is 5.78 Å². The molecular weight excluding hydrogens is 238 g/mol. The van der Waals surface area contributed by atoms with Crippen molar-refractivity contribution in [2.45, 2.75) is 24.6 Å². The molecule has 0 saturated carbocycles. The lowest BCUT2D eigenvalue weighted by Gasteiger charge is -2.22. The van der Waals surface area contributed by atoms with E-state index in [1.54, 1.807) is 44.2 Å². The summed E-state index contributed by atoms with van der Waals surface area (Å²) in [6.45, 7) is 3.27. The summed E-state index contributed by atoms with van der Waals surface area (Å²) in [5.41, 5.74) is -0.436. The van der Waals surface area contributed by atoms with E-state index in [2.05, 4.69) is 0 Å². The molecule has 1 aromatic rings. The Morgan fingerprint density at radius 1 is 1.18 bits per heavy atom. The molecular formula is C12H15NO3S. The zero-order chi connectivity index (χ0) is 12.8. The van der Waals surface area contributed by atoms with Gasteiger partial charge in [0.05, 0.1) is 5.54 Å². The van der Waals surface area contributed by atoms with E-state index in [4.69, 9.17) is 0 Å². The second kappa shape index (κ2) is 3.65. The average Bonchev–Trinajstić information content (AvgIpc) is 2.39. The first kappa shape index (κ1) is 12.3. The first-order valence-corrected chi connectivity index (χ1v) is 6.87. The van der Waals surface area contributed by atoms with Crippen molar-refractivity contribution in [3.8, 4) is 0 Å². The van der Waals surface area contributed by atoms with Crippen LogP contribution in [-0.2, 0) is 14.8 Å². The van der Waals surface area contributed by atoms with Crippen LogP contribution in [0.4, 0.5) is 0 Å². The van der Waals surface area contributed by atoms with E-state index in [0.717, 1.165) is 0 Å². The van der Waals surface area contributed by atoms with Crippen LogP contribution in [0.3, 0.4) is 0 Å². The van der Waals surface area contributed by atoms with Gasteiger partial charge in [-0.05, 0) is 19.4 Å². The van der Waals surface area contributed by atoms with Crippen LogP contribution in [-0.4, -0.2) is 31.1 Å². The van der Waals surface area contributed by atoms with E-state index in [1.807, 2.05) is 0 Å². The Morgan fingerprint density at radius 3 is 2.12 bits per heavy atom. The lowest BCUT2D eigenvalue weighted by atomic mass is 9.94. The summed E-state index contributed by atoms with van der Waals surface area (Å²) in [4.78, 5) is 12.2. The number of nitrogens with zero attached hydrogens (tertiary/aromatic N) is 1. The Bertz CT molecular complexity index is 548. The molecule has 1 aliphatic rings. The van der Waals surface area contributed by atoms with Crippen molar-refractivity contribution in [2.75, 3.05) is 7.05 Å². The predicted molar refractivity (Wildman–Crippen MR) is 65.0 cm³/mol. The average molecular weight is 253 g/mol. The van der Waals surface area contributed by atoms with E-state index >= 15 is 0 Å². The third kappa shape index (κ3) is 1.61. The Kier molecular flexibility index (Phi) is 2.63. The molecule has 17 heavy (non-hydrogen) atoms. The third-order valence-corrected chi connectivity index (χ3v) is 5.71. The molecule has 1 aliphatic heterocycles. The van der Waals surface area contributed by atoms with Crippen molar-refractivity contribution in [3.05, 3.63) is 35.9 Å². The molecule has 1 fully saturated rings. The van der Waals surface area contributed by atoms with E-state index in [9.17, 15) is 13.2 Å². The molecule has 0 radical (unpaired) electrons. The Labute approximate surface area is 101 Å². The number of carbonyl (C=O) groups is 1. The second-order valence-corrected chi connectivity index (χ2v) is 6.78. The van der Waals surface area contributed by atoms with Crippen molar-refractivity contribution in [1.82, 2.24) is 4.31 Å². The molecule has 0 spiro atoms. The van der Waals surface area contributed by atoms with Crippen LogP contribution in [0.1, 0.15) is 24.7 Å². The lowest BCUT2D eigenvalue weighted by molar-refractivity contribution is -0.124. The summed E-state index contributed by atoms with van der Waals surface area (Å²) in [5.74, 6) is -0.272. The first-order chi connectivity index (χ1) is 7.79. The molecule has 5 heteroatoms. The van der Waals surface area contributed by atoms with Gasteiger partial charge in [-0.3, -0.25) is 4.79 Å². The summed E-state index contributed by atoms with van der Waals surface area (Å²) in [7, 11) is -2.14. The molecule has 0 aromatic heterocycles. The summed E-state index contributed by atoms with van der Waals surface area (Å²) in [5, 5.41) is -1.07. The standard InChI is InChI=1S/C12H15NO3S/c1-12(2)11(14)10(17(15,16)13(12)3)9-7-5-4-6-8-9/h4-8,10H,1-3H3. The number of rotatable bonds is 1. The molecule has 0 N–H and O–H groups in total. The number of hydrogen-bond donors (Lipinski definition) is 0. The maximum atomic E-state index is 12.2. The quantitative estimate of drug-likeness (QED) is 0.759. The highest BCUT2D eigenvalue weighted by atomic mass is 32.2. The van der Waals surface area contributed by atoms with E-state index < -0.39 is 20.8 Å². The Morgan fingerprint density at radius 2 is 1.71 bits per heavy atom. The van der Waals surface area contributed by atoms with Crippen LogP contribution in [0.2, 0.25) is 0 Å². The fourth-order valence-electron chi connectivity index (χ4n) is 2.04. The molecule has 1 saturated heterocycles. The van der Waals surface area contributed by atoms with E-state index in [0.29, 0.717) is 5.56 Å². The van der Waals surface area contributed by atoms with Gasteiger partial charge in [-0.2, -0.15) is 4.31 Å². The second-order valence-electron chi connectivity index (χ2n) is 4.73. The number of carbonyl (C=O) groups excluding carboxylic acids is 1. The largest absolute Gasteiger partial charge is 0.296 e. The summed E-state index contributed by atoms with van der Waals surface area (Å²) in [6.07, 6.45) is 0. The van der Waals surface area contributed by atoms with Gasteiger partial charge in [0.25, 0.3) is 0 Å². The SMILES string of the molecule is CN1C(C)(C)C(=O)C(c2ccccc2)S1(=O)=O. The summed E-state index contributed by atoms with van der Waals surface area (Å²) >= 11 is 0. The van der Waals surface area contributed by atoms with Gasteiger partial charge in [0, 0.05) is 7.05 Å². The summed E-state index contributed by atoms with van der Waals surface area (Å²) in [6, 6.07) is 8.63. The van der Waals surface area contributed by atoms with E-state index in [1.165, 1.54) is 11.4 Å². The van der Waals surface area contributed by atoms with Crippen molar-refractivity contribution < 1.29 is 13.2 Å². The fraction of sp³-hybridized carbons (Fsp3) is 0.417. The Balaban J connectivity index is 2.61. The van der Waals surface area contributed by atoms with Gasteiger partial charge >= 0.3 is 0 Å². The number of hydrogen-bond acceptors (Lipinski definition) is 3. The van der Waals surface area contributed by atoms with Gasteiger partial charge in [0.15, 0.2) is 11.0 Å². The van der Waals surface area contributed by atoms with Gasteiger partial charge in [-0.25, -0.2) is 8.42 Å². The van der Waals surface area contributed by atoms with Crippen LogP contribution in [0.25, 0.3) is 0 Å². The minimum Gasteiger partial charge on any atom is -0.296 e. The Hall–Kier alpha value is -1.20. The van der Waals surface area contributed by atoms with Gasteiger partial charge in [-0.1, -0.05) is 30.3 Å². The van der Waals surface area contributed by atoms with Crippen molar-refractivity contribution in [3.63, 3.8) is 0 Å². The molecule has 0 amide bonds. The molecule has 1 aromatic carbocycles. The monoisotopic (exact) mass is 253 g/mol. The highest BCUT2D eigenvalue weighted by Crippen LogP contribution is 2.40. The van der Waals surface area contributed by atoms with Gasteiger partial charge in [0.2, 0.25) is 10.0 Å². The molecule has 2 rings (SSSR count). The number of ketones is 1. The number of benzene rings is 1. The smallest absolute Gasteiger partial charge is 0.229 e. The van der Waals surface area contributed by atoms with Crippen LogP contribution < -0.4 is 0 Å². The molecule has 1 heterocycles. The lowest BCUT2D eigenvalue weighted by Crippen LogP contribution is -2.41. The summed E-state index contributed by atoms with van der Waals surface area (Å²) < 4.78 is 25.6. The zero-order valence-electron chi connectivity index (χ0n) is 10.0. The van der Waals surface area contributed by atoms with Crippen LogP contribution in [0.5, 0.6) is 0 Å². The number of likely N-dealkylation sites (N-methyl/N-ethyl adjacent to an activating group) is 1. The van der Waals surface area contributed by atoms with Gasteiger partial charge in [0.1, 0.15) is 0 Å². The zero-order valence-corrected chi connectivity index (χ0v) is 10.9. The molecule has 1 atom stereocenters. The normalized spacial score (nSPS) is 27.2. The van der Waals surface area contributed by atoms with Crippen molar-refractivity contribution >= 4 is 15.8 Å². The van der Waals surface area contributed by atoms with Crippen molar-refractivity contribution in [2.24, 2.45) is 0 Å². The van der Waals surface area contributed by atoms with Crippen LogP contribution >= 0.6 is 0 Å². The minimum absolute atomic E-state index is 0.272. The maximum Gasteiger partial charge on any atom is 0.229 e. The molecule has 1 unspecified atom stereocenters. The van der Waals surface area contributed by atoms with Gasteiger partial charge < -0.3 is 0 Å². The fourth-order valence-corrected chi connectivity index (χ4v) is 4.14. The van der Waals surface area contributed by atoms with Crippen molar-refractivity contribution in [1.29, 1.82) is 0 Å². The van der Waals surface area contributed by atoms with Crippen LogP contribution in [0.15, 0.2) is 30.3 Å². The molecule has 0 aliphatic carbocycles. The molecule has 92 valence electrons. The number of sulfonamides is 1. The highest BCUT2D eigenvalue weighted by Gasteiger charge is 2.56. The van der Waals surface area contributed by atoms with Crippen LogP contribution in [0, 0.1) is 0 Å².